The number of nitrogens with one attached hydrogen (secondary N) is 4. The number of carbonyl (C=O) groups excluding carboxylic acids is 3. The van der Waals surface area contributed by atoms with Crippen LogP contribution >= 0.6 is 0 Å². The van der Waals surface area contributed by atoms with Crippen molar-refractivity contribution in [2.75, 3.05) is 43.6 Å². The van der Waals surface area contributed by atoms with Crippen molar-refractivity contribution in [3.63, 3.8) is 0 Å². The van der Waals surface area contributed by atoms with Gasteiger partial charge in [0.25, 0.3) is 5.91 Å². The molecule has 4 rings (SSSR count). The molecule has 0 saturated carbocycles. The van der Waals surface area contributed by atoms with Gasteiger partial charge in [0, 0.05) is 43.1 Å². The number of carbonyl (C=O) groups is 3. The number of ether oxygens (including phenoxy) is 2. The fraction of sp³-hybridized carbons (Fsp3) is 0.250. The highest BCUT2D eigenvalue weighted by Crippen LogP contribution is 2.32. The SMILES string of the molecule is O=C(NCCN1CCNC1=O)Nc1ccc(NC(=O)c2ccc3c(c2)OCO3)cc1. The Morgan fingerprint density at radius 1 is 1.00 bits per heavy atom. The monoisotopic (exact) mass is 411 g/mol. The molecule has 5 amide bonds. The maximum absolute atomic E-state index is 12.4. The van der Waals surface area contributed by atoms with Crippen molar-refractivity contribution in [1.82, 2.24) is 15.5 Å². The fourth-order valence-corrected chi connectivity index (χ4v) is 3.08. The lowest BCUT2D eigenvalue weighted by atomic mass is 10.2. The van der Waals surface area contributed by atoms with Crippen LogP contribution in [-0.4, -0.2) is 55.8 Å². The van der Waals surface area contributed by atoms with Crippen molar-refractivity contribution in [3.8, 4) is 11.5 Å². The van der Waals surface area contributed by atoms with Crippen molar-refractivity contribution in [3.05, 3.63) is 48.0 Å². The van der Waals surface area contributed by atoms with Crippen molar-refractivity contribution >= 4 is 29.3 Å². The molecule has 0 aromatic heterocycles. The number of benzene rings is 2. The highest BCUT2D eigenvalue weighted by atomic mass is 16.7. The van der Waals surface area contributed by atoms with Gasteiger partial charge in [-0.1, -0.05) is 0 Å². The van der Waals surface area contributed by atoms with E-state index >= 15 is 0 Å². The highest BCUT2D eigenvalue weighted by molar-refractivity contribution is 6.04. The summed E-state index contributed by atoms with van der Waals surface area (Å²) in [5.41, 5.74) is 1.61. The van der Waals surface area contributed by atoms with E-state index in [4.69, 9.17) is 9.47 Å². The van der Waals surface area contributed by atoms with Gasteiger partial charge in [0.15, 0.2) is 11.5 Å². The van der Waals surface area contributed by atoms with E-state index in [1.807, 2.05) is 0 Å². The van der Waals surface area contributed by atoms with E-state index in [0.29, 0.717) is 54.6 Å². The number of hydrogen-bond donors (Lipinski definition) is 4. The molecule has 0 radical (unpaired) electrons. The maximum atomic E-state index is 12.4. The largest absolute Gasteiger partial charge is 0.454 e. The van der Waals surface area contributed by atoms with Crippen molar-refractivity contribution in [2.24, 2.45) is 0 Å². The molecule has 2 heterocycles. The van der Waals surface area contributed by atoms with Gasteiger partial charge in [0.1, 0.15) is 0 Å². The summed E-state index contributed by atoms with van der Waals surface area (Å²) in [5, 5.41) is 10.9. The molecule has 10 nitrogen and oxygen atoms in total. The van der Waals surface area contributed by atoms with Crippen LogP contribution in [0.1, 0.15) is 10.4 Å². The molecule has 4 N–H and O–H groups in total. The molecule has 0 atom stereocenters. The second kappa shape index (κ2) is 8.60. The third-order valence-electron chi connectivity index (χ3n) is 4.65. The molecule has 2 aromatic rings. The van der Waals surface area contributed by atoms with Crippen LogP contribution in [0.4, 0.5) is 21.0 Å². The quantitative estimate of drug-likeness (QED) is 0.578. The summed E-state index contributed by atoms with van der Waals surface area (Å²) < 4.78 is 10.5. The van der Waals surface area contributed by atoms with E-state index in [1.54, 1.807) is 47.4 Å². The Morgan fingerprint density at radius 3 is 2.47 bits per heavy atom. The van der Waals surface area contributed by atoms with E-state index in [0.717, 1.165) is 0 Å². The zero-order valence-corrected chi connectivity index (χ0v) is 16.1. The first-order chi connectivity index (χ1) is 14.6. The summed E-state index contributed by atoms with van der Waals surface area (Å²) in [6.45, 7) is 2.22. The molecule has 0 aliphatic carbocycles. The average Bonchev–Trinajstić information content (AvgIpc) is 3.37. The minimum atomic E-state index is -0.369. The standard InChI is InChI=1S/C20H21N5O5/c26-18(13-1-6-16-17(11-13)30-12-29-16)23-14-2-4-15(5-3-14)24-19(27)21-7-9-25-10-8-22-20(25)28/h1-6,11H,7-10,12H2,(H,22,28)(H,23,26)(H2,21,24,27). The van der Waals surface area contributed by atoms with E-state index in [9.17, 15) is 14.4 Å². The number of hydrogen-bond acceptors (Lipinski definition) is 5. The number of rotatable bonds is 6. The second-order valence-electron chi connectivity index (χ2n) is 6.70. The second-order valence-corrected chi connectivity index (χ2v) is 6.70. The molecule has 0 bridgehead atoms. The van der Waals surface area contributed by atoms with E-state index in [-0.39, 0.29) is 24.8 Å². The Morgan fingerprint density at radius 2 is 1.73 bits per heavy atom. The Kier molecular flexibility index (Phi) is 5.55. The first-order valence-electron chi connectivity index (χ1n) is 9.47. The van der Waals surface area contributed by atoms with Gasteiger partial charge in [-0.2, -0.15) is 0 Å². The fourth-order valence-electron chi connectivity index (χ4n) is 3.08. The van der Waals surface area contributed by atoms with Gasteiger partial charge in [0.05, 0.1) is 0 Å². The Hall–Kier alpha value is -3.95. The zero-order valence-electron chi connectivity index (χ0n) is 16.1. The minimum Gasteiger partial charge on any atom is -0.454 e. The molecule has 0 unspecified atom stereocenters. The minimum absolute atomic E-state index is 0.115. The number of amides is 5. The number of anilines is 2. The van der Waals surface area contributed by atoms with Crippen LogP contribution in [0.5, 0.6) is 11.5 Å². The third-order valence-corrected chi connectivity index (χ3v) is 4.65. The lowest BCUT2D eigenvalue weighted by Crippen LogP contribution is -2.38. The molecule has 2 aromatic carbocycles. The van der Waals surface area contributed by atoms with Crippen LogP contribution in [0.3, 0.4) is 0 Å². The predicted octanol–water partition coefficient (Wildman–Crippen LogP) is 1.81. The van der Waals surface area contributed by atoms with Gasteiger partial charge in [-0.15, -0.1) is 0 Å². The Labute approximate surface area is 172 Å². The van der Waals surface area contributed by atoms with Gasteiger partial charge in [0.2, 0.25) is 6.79 Å². The maximum Gasteiger partial charge on any atom is 0.319 e. The molecule has 1 fully saturated rings. The van der Waals surface area contributed by atoms with Crippen molar-refractivity contribution < 1.29 is 23.9 Å². The number of urea groups is 2. The van der Waals surface area contributed by atoms with Crippen LogP contribution < -0.4 is 30.7 Å². The molecule has 1 saturated heterocycles. The summed E-state index contributed by atoms with van der Waals surface area (Å²) in [4.78, 5) is 37.5. The summed E-state index contributed by atoms with van der Waals surface area (Å²) in [7, 11) is 0. The number of fused-ring (bicyclic) bond motifs is 1. The first kappa shape index (κ1) is 19.4. The molecule has 30 heavy (non-hydrogen) atoms. The first-order valence-corrected chi connectivity index (χ1v) is 9.47. The van der Waals surface area contributed by atoms with Crippen LogP contribution in [-0.2, 0) is 0 Å². The summed E-state index contributed by atoms with van der Waals surface area (Å²) in [5.74, 6) is 0.875. The third kappa shape index (κ3) is 4.54. The van der Waals surface area contributed by atoms with Gasteiger partial charge in [-0.3, -0.25) is 4.79 Å². The van der Waals surface area contributed by atoms with E-state index in [1.165, 1.54) is 0 Å². The van der Waals surface area contributed by atoms with Gasteiger partial charge >= 0.3 is 12.1 Å². The predicted molar refractivity (Wildman–Crippen MR) is 109 cm³/mol. The Bertz CT molecular complexity index is 963. The topological polar surface area (TPSA) is 121 Å². The van der Waals surface area contributed by atoms with E-state index in [2.05, 4.69) is 21.3 Å². The van der Waals surface area contributed by atoms with Gasteiger partial charge in [-0.25, -0.2) is 9.59 Å². The lowest BCUT2D eigenvalue weighted by molar-refractivity contribution is 0.102. The molecular weight excluding hydrogens is 390 g/mol. The Balaban J connectivity index is 1.25. The van der Waals surface area contributed by atoms with E-state index < -0.39 is 0 Å². The average molecular weight is 411 g/mol. The molecule has 10 heteroatoms. The summed E-state index contributed by atoms with van der Waals surface area (Å²) in [6.07, 6.45) is 0. The molecule has 2 aliphatic rings. The van der Waals surface area contributed by atoms with Crippen LogP contribution in [0.25, 0.3) is 0 Å². The molecule has 2 aliphatic heterocycles. The summed E-state index contributed by atoms with van der Waals surface area (Å²) in [6, 6.07) is 11.2. The van der Waals surface area contributed by atoms with Crippen molar-refractivity contribution in [2.45, 2.75) is 0 Å². The molecule has 0 spiro atoms. The molecular formula is C20H21N5O5. The normalized spacial score (nSPS) is 14.3. The summed E-state index contributed by atoms with van der Waals surface area (Å²) >= 11 is 0. The lowest BCUT2D eigenvalue weighted by Gasteiger charge is -2.14. The van der Waals surface area contributed by atoms with Gasteiger partial charge in [-0.05, 0) is 42.5 Å². The highest BCUT2D eigenvalue weighted by Gasteiger charge is 2.19. The zero-order chi connectivity index (χ0) is 20.9. The smallest absolute Gasteiger partial charge is 0.319 e. The van der Waals surface area contributed by atoms with Crippen LogP contribution in [0.2, 0.25) is 0 Å². The molecule has 156 valence electrons. The van der Waals surface area contributed by atoms with Crippen LogP contribution in [0, 0.1) is 0 Å². The van der Waals surface area contributed by atoms with Gasteiger partial charge < -0.3 is 35.6 Å². The van der Waals surface area contributed by atoms with Crippen LogP contribution in [0.15, 0.2) is 42.5 Å². The number of nitrogens with zero attached hydrogens (tertiary/aromatic N) is 1. The van der Waals surface area contributed by atoms with Crippen molar-refractivity contribution in [1.29, 1.82) is 0 Å².